The van der Waals surface area contributed by atoms with E-state index in [1.165, 1.54) is 25.7 Å². The molecule has 0 radical (unpaired) electrons. The molecule has 0 aromatic rings. The molecule has 0 N–H and O–H groups in total. The van der Waals surface area contributed by atoms with Gasteiger partial charge in [-0.05, 0) is 61.9 Å². The van der Waals surface area contributed by atoms with Crippen molar-refractivity contribution in [2.75, 3.05) is 0 Å². The van der Waals surface area contributed by atoms with Gasteiger partial charge >= 0.3 is 0 Å². The molecule has 0 saturated heterocycles. The van der Waals surface area contributed by atoms with Gasteiger partial charge in [0.05, 0.1) is 0 Å². The fourth-order valence-electron chi connectivity index (χ4n) is 2.45. The van der Waals surface area contributed by atoms with Crippen molar-refractivity contribution in [1.82, 2.24) is 0 Å². The van der Waals surface area contributed by atoms with E-state index in [9.17, 15) is 0 Å². The molecule has 132 valence electrons. The van der Waals surface area contributed by atoms with Crippen molar-refractivity contribution in [3.05, 3.63) is 0 Å². The lowest BCUT2D eigenvalue weighted by Crippen LogP contribution is -2.47. The van der Waals surface area contributed by atoms with E-state index in [4.69, 9.17) is 8.85 Å². The highest BCUT2D eigenvalue weighted by Gasteiger charge is 2.42. The minimum atomic E-state index is -1.62. The Balaban J connectivity index is 2.51. The molecule has 2 nitrogen and oxygen atoms in total. The van der Waals surface area contributed by atoms with Gasteiger partial charge < -0.3 is 8.85 Å². The van der Waals surface area contributed by atoms with Gasteiger partial charge in [0.1, 0.15) is 0 Å². The third kappa shape index (κ3) is 5.18. The molecule has 1 fully saturated rings. The van der Waals surface area contributed by atoms with Gasteiger partial charge in [0.15, 0.2) is 16.6 Å². The van der Waals surface area contributed by atoms with Crippen LogP contribution in [0.5, 0.6) is 0 Å². The van der Waals surface area contributed by atoms with Crippen molar-refractivity contribution in [1.29, 1.82) is 0 Å². The summed E-state index contributed by atoms with van der Waals surface area (Å²) in [6, 6.07) is 0. The van der Waals surface area contributed by atoms with E-state index in [0.29, 0.717) is 22.3 Å². The van der Waals surface area contributed by atoms with Crippen LogP contribution in [-0.4, -0.2) is 28.8 Å². The molecule has 0 atom stereocenters. The summed E-state index contributed by atoms with van der Waals surface area (Å²) in [6.07, 6.45) is 5.61. The number of hydrogen-bond acceptors (Lipinski definition) is 2. The second kappa shape index (κ2) is 6.69. The Hall–Kier alpha value is 0.354. The fourth-order valence-corrected chi connectivity index (χ4v) is 5.30. The van der Waals surface area contributed by atoms with E-state index in [1.54, 1.807) is 0 Å². The van der Waals surface area contributed by atoms with E-state index >= 15 is 0 Å². The molecule has 0 aliphatic heterocycles. The van der Waals surface area contributed by atoms with E-state index in [-0.39, 0.29) is 0 Å². The highest BCUT2D eigenvalue weighted by atomic mass is 28.4. The minimum Gasteiger partial charge on any atom is -0.414 e. The fraction of sp³-hybridized carbons (Fsp3) is 1.00. The molecule has 0 bridgehead atoms. The average molecular weight is 345 g/mol. The van der Waals surface area contributed by atoms with Gasteiger partial charge in [0.2, 0.25) is 0 Å². The van der Waals surface area contributed by atoms with E-state index < -0.39 is 16.6 Å². The maximum Gasteiger partial charge on any atom is 0.192 e. The van der Waals surface area contributed by atoms with E-state index in [2.05, 4.69) is 67.7 Å². The van der Waals surface area contributed by atoms with Gasteiger partial charge in [-0.15, -0.1) is 0 Å². The Labute approximate surface area is 141 Å². The standard InChI is InChI=1S/C18H40O2Si2/c1-17(2,3)21(7,8)19-15-11-13-16(14-12-15)20-22(9,10)18(4,5)6/h15-16H,11-14H2,1-10H3. The first-order valence-electron chi connectivity index (χ1n) is 9.01. The van der Waals surface area contributed by atoms with Crippen LogP contribution in [0, 0.1) is 0 Å². The second-order valence-electron chi connectivity index (χ2n) is 10.2. The largest absolute Gasteiger partial charge is 0.414 e. The minimum absolute atomic E-state index is 0.307. The summed E-state index contributed by atoms with van der Waals surface area (Å²) >= 11 is 0. The highest BCUT2D eigenvalue weighted by Crippen LogP contribution is 2.41. The van der Waals surface area contributed by atoms with Crippen LogP contribution in [0.25, 0.3) is 0 Å². The van der Waals surface area contributed by atoms with E-state index in [1.807, 2.05) is 0 Å². The summed E-state index contributed by atoms with van der Waals surface area (Å²) in [7, 11) is -3.25. The van der Waals surface area contributed by atoms with Crippen LogP contribution >= 0.6 is 0 Å². The van der Waals surface area contributed by atoms with Gasteiger partial charge in [-0.2, -0.15) is 0 Å². The lowest BCUT2D eigenvalue weighted by molar-refractivity contribution is 0.0653. The van der Waals surface area contributed by atoms with Crippen LogP contribution in [0.1, 0.15) is 67.2 Å². The summed E-state index contributed by atoms with van der Waals surface area (Å²) in [6.45, 7) is 23.4. The van der Waals surface area contributed by atoms with Crippen LogP contribution in [0.3, 0.4) is 0 Å². The predicted molar refractivity (Wildman–Crippen MR) is 103 cm³/mol. The Morgan fingerprint density at radius 3 is 1.00 bits per heavy atom. The summed E-state index contributed by atoms with van der Waals surface area (Å²) in [5.41, 5.74) is 0. The maximum absolute atomic E-state index is 6.58. The number of rotatable bonds is 4. The first kappa shape index (κ1) is 20.4. The Kier molecular flexibility index (Phi) is 6.21. The zero-order chi connectivity index (χ0) is 17.4. The molecule has 0 spiro atoms. The zero-order valence-electron chi connectivity index (χ0n) is 16.8. The lowest BCUT2D eigenvalue weighted by Gasteiger charge is -2.43. The van der Waals surface area contributed by atoms with Crippen LogP contribution in [-0.2, 0) is 8.85 Å². The molecular formula is C18H40O2Si2. The normalized spacial score (nSPS) is 25.4. The highest BCUT2D eigenvalue weighted by molar-refractivity contribution is 6.74. The quantitative estimate of drug-likeness (QED) is 0.554. The number of hydrogen-bond donors (Lipinski definition) is 0. The summed E-state index contributed by atoms with van der Waals surface area (Å²) in [4.78, 5) is 0. The Morgan fingerprint density at radius 2 is 0.818 bits per heavy atom. The van der Waals surface area contributed by atoms with Crippen molar-refractivity contribution in [3.8, 4) is 0 Å². The Morgan fingerprint density at radius 1 is 0.591 bits per heavy atom. The first-order valence-corrected chi connectivity index (χ1v) is 14.8. The van der Waals surface area contributed by atoms with Crippen LogP contribution in [0.15, 0.2) is 0 Å². The van der Waals surface area contributed by atoms with Gasteiger partial charge in [-0.25, -0.2) is 0 Å². The van der Waals surface area contributed by atoms with Crippen LogP contribution in [0.4, 0.5) is 0 Å². The van der Waals surface area contributed by atoms with Gasteiger partial charge in [0, 0.05) is 12.2 Å². The molecule has 4 heteroatoms. The SMILES string of the molecule is CC(C)(C)[Si](C)(C)OC1CCC(O[Si](C)(C)C(C)(C)C)CC1. The van der Waals surface area contributed by atoms with Crippen molar-refractivity contribution in [2.24, 2.45) is 0 Å². The zero-order valence-corrected chi connectivity index (χ0v) is 18.8. The molecule has 0 unspecified atom stereocenters. The topological polar surface area (TPSA) is 18.5 Å². The van der Waals surface area contributed by atoms with E-state index in [0.717, 1.165) is 0 Å². The summed E-state index contributed by atoms with van der Waals surface area (Å²) in [5.74, 6) is 0. The average Bonchev–Trinajstić information content (AvgIpc) is 2.28. The molecule has 0 aromatic heterocycles. The van der Waals surface area contributed by atoms with Gasteiger partial charge in [-0.1, -0.05) is 41.5 Å². The molecule has 0 amide bonds. The van der Waals surface area contributed by atoms with Crippen molar-refractivity contribution in [2.45, 2.75) is 116 Å². The summed E-state index contributed by atoms with van der Waals surface area (Å²) in [5, 5.41) is 0.614. The third-order valence-electron chi connectivity index (χ3n) is 6.16. The molecule has 1 aliphatic carbocycles. The molecule has 22 heavy (non-hydrogen) atoms. The lowest BCUT2D eigenvalue weighted by atomic mass is 9.95. The maximum atomic E-state index is 6.58. The summed E-state index contributed by atoms with van der Waals surface area (Å²) < 4.78 is 13.2. The van der Waals surface area contributed by atoms with Gasteiger partial charge in [-0.3, -0.25) is 0 Å². The Bertz CT molecular complexity index is 320. The van der Waals surface area contributed by atoms with Crippen LogP contribution in [0.2, 0.25) is 36.3 Å². The van der Waals surface area contributed by atoms with Gasteiger partial charge in [0.25, 0.3) is 0 Å². The first-order chi connectivity index (χ1) is 9.66. The molecule has 1 saturated carbocycles. The molecule has 0 aromatic carbocycles. The molecule has 0 heterocycles. The van der Waals surface area contributed by atoms with Crippen LogP contribution < -0.4 is 0 Å². The van der Waals surface area contributed by atoms with Crippen molar-refractivity contribution >= 4 is 16.6 Å². The molecule has 1 aliphatic rings. The van der Waals surface area contributed by atoms with Crippen molar-refractivity contribution < 1.29 is 8.85 Å². The molecular weight excluding hydrogens is 304 g/mol. The third-order valence-corrected chi connectivity index (χ3v) is 15.2. The monoisotopic (exact) mass is 344 g/mol. The predicted octanol–water partition coefficient (Wildman–Crippen LogP) is 6.34. The smallest absolute Gasteiger partial charge is 0.192 e. The molecule has 1 rings (SSSR count). The second-order valence-corrected chi connectivity index (χ2v) is 19.7. The van der Waals surface area contributed by atoms with Crippen molar-refractivity contribution in [3.63, 3.8) is 0 Å².